The van der Waals surface area contributed by atoms with Gasteiger partial charge in [-0.2, -0.15) is 5.10 Å². The van der Waals surface area contributed by atoms with Gasteiger partial charge in [-0.25, -0.2) is 0 Å². The van der Waals surface area contributed by atoms with E-state index in [4.69, 9.17) is 14.0 Å². The molecule has 0 radical (unpaired) electrons. The fourth-order valence-electron chi connectivity index (χ4n) is 3.32. The van der Waals surface area contributed by atoms with Gasteiger partial charge in [-0.15, -0.1) is 0 Å². The van der Waals surface area contributed by atoms with Gasteiger partial charge in [-0.05, 0) is 44.8 Å². The van der Waals surface area contributed by atoms with Gasteiger partial charge in [0.1, 0.15) is 0 Å². The lowest BCUT2D eigenvalue weighted by atomic mass is 9.79. The van der Waals surface area contributed by atoms with Crippen molar-refractivity contribution in [2.24, 2.45) is 0 Å². The Morgan fingerprint density at radius 1 is 1.00 bits per heavy atom. The Kier molecular flexibility index (Phi) is 5.04. The first-order valence-corrected chi connectivity index (χ1v) is 9.78. The molecule has 6 heteroatoms. The van der Waals surface area contributed by atoms with Gasteiger partial charge < -0.3 is 14.0 Å². The zero-order valence-corrected chi connectivity index (χ0v) is 17.0. The summed E-state index contributed by atoms with van der Waals surface area (Å²) in [6.45, 7) is 10.2. The Morgan fingerprint density at radius 2 is 1.71 bits per heavy atom. The number of rotatable bonds is 6. The highest BCUT2D eigenvalue weighted by Crippen LogP contribution is 2.36. The van der Waals surface area contributed by atoms with Gasteiger partial charge in [0.2, 0.25) is 0 Å². The standard InChI is InChI=1S/C22H27BN2O3/c1-21(2)22(3,4)28-23(27-21)19-10-11-20-18(14-19)15-24-25(20)12-13-26-16-17-8-6-5-7-9-17/h5-11,14-15H,12-13,16H2,1-4H3. The number of aromatic nitrogens is 2. The maximum Gasteiger partial charge on any atom is 0.494 e. The van der Waals surface area contributed by atoms with Gasteiger partial charge in [-0.1, -0.05) is 42.5 Å². The van der Waals surface area contributed by atoms with Crippen molar-refractivity contribution >= 4 is 23.5 Å². The van der Waals surface area contributed by atoms with Crippen LogP contribution in [0, 0.1) is 0 Å². The number of nitrogens with zero attached hydrogens (tertiary/aromatic N) is 2. The molecule has 0 amide bonds. The smallest absolute Gasteiger partial charge is 0.399 e. The summed E-state index contributed by atoms with van der Waals surface area (Å²) in [5.74, 6) is 0. The first-order chi connectivity index (χ1) is 13.4. The van der Waals surface area contributed by atoms with Crippen LogP contribution in [0.15, 0.2) is 54.7 Å². The van der Waals surface area contributed by atoms with Crippen LogP contribution in [0.25, 0.3) is 10.9 Å². The predicted octanol–water partition coefficient (Wildman–Crippen LogP) is 3.55. The van der Waals surface area contributed by atoms with Gasteiger partial charge in [0.05, 0.1) is 42.7 Å². The average molecular weight is 378 g/mol. The second-order valence-electron chi connectivity index (χ2n) is 8.31. The Hall–Kier alpha value is -2.15. The molecule has 1 aliphatic heterocycles. The van der Waals surface area contributed by atoms with Crippen molar-refractivity contribution in [1.29, 1.82) is 0 Å². The summed E-state index contributed by atoms with van der Waals surface area (Å²) < 4.78 is 20.1. The van der Waals surface area contributed by atoms with Crippen molar-refractivity contribution in [3.8, 4) is 0 Å². The molecule has 0 N–H and O–H groups in total. The fourth-order valence-corrected chi connectivity index (χ4v) is 3.32. The molecule has 3 aromatic rings. The van der Waals surface area contributed by atoms with E-state index in [0.29, 0.717) is 19.8 Å². The van der Waals surface area contributed by atoms with Crippen molar-refractivity contribution < 1.29 is 14.0 Å². The van der Waals surface area contributed by atoms with Crippen LogP contribution in [-0.4, -0.2) is 34.7 Å². The molecule has 1 fully saturated rings. The molecule has 0 unspecified atom stereocenters. The Balaban J connectivity index is 1.41. The first-order valence-electron chi connectivity index (χ1n) is 9.78. The molecular weight excluding hydrogens is 351 g/mol. The van der Waals surface area contributed by atoms with E-state index in [1.165, 1.54) is 5.56 Å². The number of ether oxygens (including phenoxy) is 1. The lowest BCUT2D eigenvalue weighted by molar-refractivity contribution is 0.00578. The van der Waals surface area contributed by atoms with Gasteiger partial charge in [-0.3, -0.25) is 4.68 Å². The molecule has 1 saturated heterocycles. The number of hydrogen-bond donors (Lipinski definition) is 0. The molecule has 5 nitrogen and oxygen atoms in total. The highest BCUT2D eigenvalue weighted by Gasteiger charge is 2.51. The SMILES string of the molecule is CC1(C)OB(c2ccc3c(cnn3CCOCc3ccccc3)c2)OC1(C)C. The third-order valence-electron chi connectivity index (χ3n) is 5.75. The molecule has 2 heterocycles. The van der Waals surface area contributed by atoms with E-state index < -0.39 is 0 Å². The van der Waals surface area contributed by atoms with Crippen molar-refractivity contribution in [3.05, 3.63) is 60.3 Å². The van der Waals surface area contributed by atoms with E-state index in [-0.39, 0.29) is 18.3 Å². The third kappa shape index (κ3) is 3.72. The van der Waals surface area contributed by atoms with E-state index >= 15 is 0 Å². The summed E-state index contributed by atoms with van der Waals surface area (Å²) in [5.41, 5.74) is 2.61. The van der Waals surface area contributed by atoms with Gasteiger partial charge in [0.25, 0.3) is 0 Å². The minimum absolute atomic E-state index is 0.340. The van der Waals surface area contributed by atoms with Crippen LogP contribution in [0.5, 0.6) is 0 Å². The lowest BCUT2D eigenvalue weighted by Crippen LogP contribution is -2.41. The summed E-state index contributed by atoms with van der Waals surface area (Å²) >= 11 is 0. The second kappa shape index (κ2) is 7.35. The zero-order chi connectivity index (χ0) is 19.8. The predicted molar refractivity (Wildman–Crippen MR) is 112 cm³/mol. The number of hydrogen-bond acceptors (Lipinski definition) is 4. The van der Waals surface area contributed by atoms with Gasteiger partial charge >= 0.3 is 7.12 Å². The average Bonchev–Trinajstić information content (AvgIpc) is 3.16. The van der Waals surface area contributed by atoms with E-state index in [9.17, 15) is 0 Å². The normalized spacial score (nSPS) is 18.1. The van der Waals surface area contributed by atoms with Crippen LogP contribution in [-0.2, 0) is 27.2 Å². The van der Waals surface area contributed by atoms with Crippen molar-refractivity contribution in [1.82, 2.24) is 9.78 Å². The van der Waals surface area contributed by atoms with Crippen molar-refractivity contribution in [2.45, 2.75) is 52.0 Å². The van der Waals surface area contributed by atoms with Gasteiger partial charge in [0, 0.05) is 5.39 Å². The molecule has 2 aromatic carbocycles. The van der Waals surface area contributed by atoms with Crippen LogP contribution in [0.3, 0.4) is 0 Å². The molecular formula is C22H27BN2O3. The molecule has 1 aromatic heterocycles. The number of benzene rings is 2. The van der Waals surface area contributed by atoms with Crippen LogP contribution in [0.4, 0.5) is 0 Å². The lowest BCUT2D eigenvalue weighted by Gasteiger charge is -2.32. The van der Waals surface area contributed by atoms with Gasteiger partial charge in [0.15, 0.2) is 0 Å². The molecule has 0 atom stereocenters. The summed E-state index contributed by atoms with van der Waals surface area (Å²) in [6.07, 6.45) is 1.89. The Morgan fingerprint density at radius 3 is 2.43 bits per heavy atom. The molecule has 0 aliphatic carbocycles. The summed E-state index contributed by atoms with van der Waals surface area (Å²) in [6, 6.07) is 16.5. The van der Waals surface area contributed by atoms with Crippen LogP contribution in [0.1, 0.15) is 33.3 Å². The van der Waals surface area contributed by atoms with E-state index in [2.05, 4.69) is 63.1 Å². The minimum Gasteiger partial charge on any atom is -0.399 e. The Bertz CT molecular complexity index is 937. The highest BCUT2D eigenvalue weighted by molar-refractivity contribution is 6.62. The Labute approximate surface area is 166 Å². The van der Waals surface area contributed by atoms with E-state index in [1.54, 1.807) is 0 Å². The number of fused-ring (bicyclic) bond motifs is 1. The summed E-state index contributed by atoms with van der Waals surface area (Å²) in [5, 5.41) is 5.60. The molecule has 0 saturated carbocycles. The first kappa shape index (κ1) is 19.2. The van der Waals surface area contributed by atoms with Crippen molar-refractivity contribution in [3.63, 3.8) is 0 Å². The monoisotopic (exact) mass is 378 g/mol. The third-order valence-corrected chi connectivity index (χ3v) is 5.75. The molecule has 146 valence electrons. The minimum atomic E-state index is -0.355. The quantitative estimate of drug-likeness (QED) is 0.486. The summed E-state index contributed by atoms with van der Waals surface area (Å²) in [7, 11) is -0.355. The molecule has 1 aliphatic rings. The maximum absolute atomic E-state index is 6.16. The molecule has 0 bridgehead atoms. The largest absolute Gasteiger partial charge is 0.494 e. The maximum atomic E-state index is 6.16. The van der Waals surface area contributed by atoms with Crippen LogP contribution >= 0.6 is 0 Å². The van der Waals surface area contributed by atoms with Crippen molar-refractivity contribution in [2.75, 3.05) is 6.61 Å². The van der Waals surface area contributed by atoms with E-state index in [1.807, 2.05) is 29.1 Å². The topological polar surface area (TPSA) is 45.5 Å². The zero-order valence-electron chi connectivity index (χ0n) is 17.0. The van der Waals surface area contributed by atoms with Crippen LogP contribution in [0.2, 0.25) is 0 Å². The second-order valence-corrected chi connectivity index (χ2v) is 8.31. The van der Waals surface area contributed by atoms with E-state index in [0.717, 1.165) is 16.4 Å². The molecule has 4 rings (SSSR count). The molecule has 0 spiro atoms. The molecule has 28 heavy (non-hydrogen) atoms. The summed E-state index contributed by atoms with van der Waals surface area (Å²) in [4.78, 5) is 0. The highest BCUT2D eigenvalue weighted by atomic mass is 16.7. The fraction of sp³-hybridized carbons (Fsp3) is 0.409. The van der Waals surface area contributed by atoms with Crippen LogP contribution < -0.4 is 5.46 Å².